The van der Waals surface area contributed by atoms with Crippen LogP contribution in [0, 0.1) is 11.3 Å². The fourth-order valence-corrected chi connectivity index (χ4v) is 2.41. The van der Waals surface area contributed by atoms with Crippen molar-refractivity contribution in [3.8, 4) is 6.07 Å². The molecule has 1 aromatic carbocycles. The zero-order valence-corrected chi connectivity index (χ0v) is 11.7. The number of anilines is 1. The Morgan fingerprint density at radius 3 is 2.65 bits per heavy atom. The molecular formula is C13H15F3N2OS. The van der Waals surface area contributed by atoms with Crippen LogP contribution in [-0.4, -0.2) is 29.8 Å². The minimum Gasteiger partial charge on any atom is -0.396 e. The van der Waals surface area contributed by atoms with Crippen molar-refractivity contribution in [2.45, 2.75) is 18.6 Å². The van der Waals surface area contributed by atoms with E-state index in [0.717, 1.165) is 12.1 Å². The molecule has 2 N–H and O–H groups in total. The van der Waals surface area contributed by atoms with Crippen LogP contribution in [0.15, 0.2) is 18.2 Å². The van der Waals surface area contributed by atoms with Crippen molar-refractivity contribution in [1.82, 2.24) is 0 Å². The number of aliphatic hydroxyl groups excluding tert-OH is 1. The molecule has 0 unspecified atom stereocenters. The van der Waals surface area contributed by atoms with Gasteiger partial charge in [0.1, 0.15) is 0 Å². The van der Waals surface area contributed by atoms with E-state index in [4.69, 9.17) is 10.4 Å². The number of hydrogen-bond donors (Lipinski definition) is 2. The van der Waals surface area contributed by atoms with Crippen LogP contribution in [0.3, 0.4) is 0 Å². The largest absolute Gasteiger partial charge is 0.417 e. The van der Waals surface area contributed by atoms with Crippen LogP contribution in [0.2, 0.25) is 0 Å². The highest BCUT2D eigenvalue weighted by Crippen LogP contribution is 2.33. The van der Waals surface area contributed by atoms with E-state index in [0.29, 0.717) is 17.9 Å². The second kappa shape index (κ2) is 7.41. The summed E-state index contributed by atoms with van der Waals surface area (Å²) in [5.74, 6) is 0.669. The molecule has 1 rings (SSSR count). The zero-order valence-electron chi connectivity index (χ0n) is 10.9. The maximum Gasteiger partial charge on any atom is 0.417 e. The van der Waals surface area contributed by atoms with Crippen molar-refractivity contribution in [1.29, 1.82) is 5.26 Å². The van der Waals surface area contributed by atoms with Crippen molar-refractivity contribution in [2.75, 3.05) is 23.9 Å². The lowest BCUT2D eigenvalue weighted by molar-refractivity contribution is -0.137. The third-order valence-corrected chi connectivity index (χ3v) is 3.40. The number of nitrogens with zero attached hydrogens (tertiary/aromatic N) is 1. The normalized spacial score (nSPS) is 12.8. The standard InChI is InChI=1S/C13H15F3N2OS/c1-20-8-11(4-5-19)18-10-3-2-9(7-17)12(6-10)13(14,15)16/h2-3,6,11,18-19H,4-5,8H2,1H3/t11-/m1/s1. The molecule has 1 aromatic rings. The first kappa shape index (κ1) is 16.7. The van der Waals surface area contributed by atoms with E-state index in [-0.39, 0.29) is 12.6 Å². The van der Waals surface area contributed by atoms with Crippen molar-refractivity contribution in [2.24, 2.45) is 0 Å². The molecule has 0 aliphatic carbocycles. The molecule has 0 heterocycles. The van der Waals surface area contributed by atoms with Crippen LogP contribution >= 0.6 is 11.8 Å². The number of aliphatic hydroxyl groups is 1. The quantitative estimate of drug-likeness (QED) is 0.848. The molecule has 0 radical (unpaired) electrons. The van der Waals surface area contributed by atoms with Crippen LogP contribution in [0.5, 0.6) is 0 Å². The first-order chi connectivity index (χ1) is 9.42. The van der Waals surface area contributed by atoms with E-state index in [2.05, 4.69) is 5.32 Å². The van der Waals surface area contributed by atoms with Gasteiger partial charge >= 0.3 is 6.18 Å². The highest BCUT2D eigenvalue weighted by Gasteiger charge is 2.33. The summed E-state index contributed by atoms with van der Waals surface area (Å²) >= 11 is 1.54. The molecule has 110 valence electrons. The van der Waals surface area contributed by atoms with Gasteiger partial charge in [0.2, 0.25) is 0 Å². The van der Waals surface area contributed by atoms with E-state index in [1.165, 1.54) is 17.8 Å². The molecule has 20 heavy (non-hydrogen) atoms. The average molecular weight is 304 g/mol. The lowest BCUT2D eigenvalue weighted by atomic mass is 10.1. The number of nitrogens with one attached hydrogen (secondary N) is 1. The predicted octanol–water partition coefficient (Wildman–Crippen LogP) is 3.10. The SMILES string of the molecule is CSC[C@@H](CCO)Nc1ccc(C#N)c(C(F)(F)F)c1. The number of alkyl halides is 3. The molecule has 0 bridgehead atoms. The Morgan fingerprint density at radius 2 is 2.15 bits per heavy atom. The maximum absolute atomic E-state index is 12.8. The van der Waals surface area contributed by atoms with Gasteiger partial charge in [-0.2, -0.15) is 30.2 Å². The molecule has 0 aromatic heterocycles. The van der Waals surface area contributed by atoms with Crippen molar-refractivity contribution in [3.05, 3.63) is 29.3 Å². The third kappa shape index (κ3) is 4.62. The fourth-order valence-electron chi connectivity index (χ4n) is 1.76. The van der Waals surface area contributed by atoms with Crippen molar-refractivity contribution >= 4 is 17.4 Å². The Labute approximate surface area is 119 Å². The molecule has 3 nitrogen and oxygen atoms in total. The summed E-state index contributed by atoms with van der Waals surface area (Å²) in [7, 11) is 0. The van der Waals surface area contributed by atoms with E-state index >= 15 is 0 Å². The molecule has 0 fully saturated rings. The molecule has 1 atom stereocenters. The minimum absolute atomic E-state index is 0.0410. The van der Waals surface area contributed by atoms with E-state index in [9.17, 15) is 13.2 Å². The van der Waals surface area contributed by atoms with Crippen LogP contribution < -0.4 is 5.32 Å². The summed E-state index contributed by atoms with van der Waals surface area (Å²) < 4.78 is 38.5. The Kier molecular flexibility index (Phi) is 6.17. The lowest BCUT2D eigenvalue weighted by Gasteiger charge is -2.19. The van der Waals surface area contributed by atoms with Crippen molar-refractivity contribution < 1.29 is 18.3 Å². The Morgan fingerprint density at radius 1 is 1.45 bits per heavy atom. The summed E-state index contributed by atoms with van der Waals surface area (Å²) in [5.41, 5.74) is -1.05. The molecule has 0 aliphatic heterocycles. The first-order valence-electron chi connectivity index (χ1n) is 5.90. The number of halogens is 3. The number of hydrogen-bond acceptors (Lipinski definition) is 4. The van der Waals surface area contributed by atoms with Gasteiger partial charge in [0, 0.05) is 24.1 Å². The van der Waals surface area contributed by atoms with E-state index in [1.807, 2.05) is 6.26 Å². The van der Waals surface area contributed by atoms with Gasteiger partial charge in [-0.3, -0.25) is 0 Å². The van der Waals surface area contributed by atoms with E-state index < -0.39 is 17.3 Å². The predicted molar refractivity (Wildman–Crippen MR) is 73.7 cm³/mol. The molecule has 0 aliphatic rings. The highest BCUT2D eigenvalue weighted by atomic mass is 32.2. The molecular weight excluding hydrogens is 289 g/mol. The van der Waals surface area contributed by atoms with Gasteiger partial charge in [-0.15, -0.1) is 0 Å². The second-order valence-corrected chi connectivity index (χ2v) is 5.09. The second-order valence-electron chi connectivity index (χ2n) is 4.18. The number of nitriles is 1. The van der Waals surface area contributed by atoms with Crippen LogP contribution in [0.1, 0.15) is 17.5 Å². The van der Waals surface area contributed by atoms with Crippen LogP contribution in [0.25, 0.3) is 0 Å². The average Bonchev–Trinajstić information content (AvgIpc) is 2.38. The summed E-state index contributed by atoms with van der Waals surface area (Å²) in [6.45, 7) is -0.0410. The maximum atomic E-state index is 12.8. The Hall–Kier alpha value is -1.39. The Balaban J connectivity index is 3.00. The molecule has 0 amide bonds. The highest BCUT2D eigenvalue weighted by molar-refractivity contribution is 7.98. The summed E-state index contributed by atoms with van der Waals surface area (Å²) in [6.07, 6.45) is -2.23. The fraction of sp³-hybridized carbons (Fsp3) is 0.462. The molecule has 0 saturated carbocycles. The smallest absolute Gasteiger partial charge is 0.396 e. The molecule has 0 spiro atoms. The van der Waals surface area contributed by atoms with Gasteiger partial charge in [0.25, 0.3) is 0 Å². The van der Waals surface area contributed by atoms with Crippen LogP contribution in [-0.2, 0) is 6.18 Å². The van der Waals surface area contributed by atoms with Gasteiger partial charge in [0.15, 0.2) is 0 Å². The van der Waals surface area contributed by atoms with Gasteiger partial charge < -0.3 is 10.4 Å². The zero-order chi connectivity index (χ0) is 15.2. The topological polar surface area (TPSA) is 56.0 Å². The van der Waals surface area contributed by atoms with E-state index in [1.54, 1.807) is 6.07 Å². The van der Waals surface area contributed by atoms with Crippen molar-refractivity contribution in [3.63, 3.8) is 0 Å². The molecule has 7 heteroatoms. The number of thioether (sulfide) groups is 1. The summed E-state index contributed by atoms with van der Waals surface area (Å²) in [4.78, 5) is 0. The van der Waals surface area contributed by atoms with Crippen LogP contribution in [0.4, 0.5) is 18.9 Å². The monoisotopic (exact) mass is 304 g/mol. The lowest BCUT2D eigenvalue weighted by Crippen LogP contribution is -2.24. The number of benzene rings is 1. The van der Waals surface area contributed by atoms with Gasteiger partial charge in [-0.05, 0) is 30.9 Å². The van der Waals surface area contributed by atoms with Gasteiger partial charge in [0.05, 0.1) is 17.2 Å². The third-order valence-electron chi connectivity index (χ3n) is 2.66. The number of rotatable bonds is 6. The Bertz CT molecular complexity index is 479. The summed E-state index contributed by atoms with van der Waals surface area (Å²) in [5, 5.41) is 20.6. The van der Waals surface area contributed by atoms with Gasteiger partial charge in [-0.1, -0.05) is 0 Å². The van der Waals surface area contributed by atoms with Gasteiger partial charge in [-0.25, -0.2) is 0 Å². The first-order valence-corrected chi connectivity index (χ1v) is 7.29. The molecule has 0 saturated heterocycles. The minimum atomic E-state index is -4.56. The summed E-state index contributed by atoms with van der Waals surface area (Å²) in [6, 6.07) is 4.95.